The summed E-state index contributed by atoms with van der Waals surface area (Å²) in [6, 6.07) is 29.8. The molecule has 3 aromatic rings. The second-order valence-corrected chi connectivity index (χ2v) is 7.76. The predicted molar refractivity (Wildman–Crippen MR) is 104 cm³/mol. The molecule has 0 aliphatic carbocycles. The van der Waals surface area contributed by atoms with Gasteiger partial charge in [0.1, 0.15) is 5.75 Å². The molecule has 24 heavy (non-hydrogen) atoms. The summed E-state index contributed by atoms with van der Waals surface area (Å²) >= 11 is 0. The smallest absolute Gasteiger partial charge is 0.124 e. The highest BCUT2D eigenvalue weighted by Crippen LogP contribution is 2.49. The summed E-state index contributed by atoms with van der Waals surface area (Å²) in [5.74, 6) is 1.11. The zero-order chi connectivity index (χ0) is 16.8. The van der Waals surface area contributed by atoms with Crippen molar-refractivity contribution in [3.8, 4) is 5.75 Å². The molecule has 0 aromatic heterocycles. The maximum Gasteiger partial charge on any atom is 0.124 e. The van der Waals surface area contributed by atoms with E-state index in [-0.39, 0.29) is 5.78 Å². The van der Waals surface area contributed by atoms with E-state index >= 15 is 0 Å². The van der Waals surface area contributed by atoms with Crippen LogP contribution in [0, 0.1) is 0 Å². The van der Waals surface area contributed by atoms with Gasteiger partial charge < -0.3 is 10.1 Å². The molecule has 0 heterocycles. The first kappa shape index (κ1) is 16.7. The molecule has 0 unspecified atom stereocenters. The molecule has 0 saturated heterocycles. The largest absolute Gasteiger partial charge is 0.496 e. The summed E-state index contributed by atoms with van der Waals surface area (Å²) in [6.45, 7) is 0. The Morgan fingerprint density at radius 3 is 1.75 bits per heavy atom. The van der Waals surface area contributed by atoms with Crippen LogP contribution in [-0.2, 0) is 0 Å². The molecule has 1 N–H and O–H groups in total. The highest BCUT2D eigenvalue weighted by molar-refractivity contribution is 7.73. The first-order chi connectivity index (χ1) is 11.8. The average Bonchev–Trinajstić information content (AvgIpc) is 2.67. The molecule has 0 amide bonds. The van der Waals surface area contributed by atoms with Crippen LogP contribution in [0.5, 0.6) is 5.75 Å². The molecule has 0 saturated carbocycles. The number of benzene rings is 3. The number of hydrogen-bond acceptors (Lipinski definition) is 2. The third-order valence-corrected chi connectivity index (χ3v) is 6.80. The van der Waals surface area contributed by atoms with Gasteiger partial charge in [0.2, 0.25) is 0 Å². The van der Waals surface area contributed by atoms with Crippen molar-refractivity contribution in [2.75, 3.05) is 14.2 Å². The fourth-order valence-corrected chi connectivity index (χ4v) is 5.57. The third kappa shape index (κ3) is 3.51. The number of rotatable bonds is 6. The quantitative estimate of drug-likeness (QED) is 0.686. The van der Waals surface area contributed by atoms with Gasteiger partial charge in [-0.15, -0.1) is 0 Å². The molecule has 0 radical (unpaired) electrons. The summed E-state index contributed by atoms with van der Waals surface area (Å²) in [4.78, 5) is 0. The van der Waals surface area contributed by atoms with E-state index in [9.17, 15) is 0 Å². The number of nitrogens with one attached hydrogen (secondary N) is 1. The van der Waals surface area contributed by atoms with E-state index in [1.165, 1.54) is 16.2 Å². The van der Waals surface area contributed by atoms with Crippen LogP contribution in [0.4, 0.5) is 0 Å². The van der Waals surface area contributed by atoms with Gasteiger partial charge in [-0.1, -0.05) is 78.9 Å². The molecular weight excluding hydrogens is 313 g/mol. The highest BCUT2D eigenvalue weighted by atomic mass is 31.1. The van der Waals surface area contributed by atoms with E-state index in [0.29, 0.717) is 0 Å². The van der Waals surface area contributed by atoms with Crippen molar-refractivity contribution in [2.45, 2.75) is 5.78 Å². The molecule has 0 aliphatic heterocycles. The van der Waals surface area contributed by atoms with Gasteiger partial charge in [0, 0.05) is 5.56 Å². The number of methoxy groups -OCH3 is 1. The molecular formula is C21H22NOP. The van der Waals surface area contributed by atoms with Crippen molar-refractivity contribution in [3.05, 3.63) is 90.5 Å². The SMILES string of the molecule is CN[C@@H](c1ccccc1OC)P(c1ccccc1)c1ccccc1. The summed E-state index contributed by atoms with van der Waals surface area (Å²) in [7, 11) is 3.16. The molecule has 0 fully saturated rings. The van der Waals surface area contributed by atoms with E-state index in [0.717, 1.165) is 5.75 Å². The molecule has 2 nitrogen and oxygen atoms in total. The van der Waals surface area contributed by atoms with Gasteiger partial charge in [-0.05, 0) is 31.6 Å². The van der Waals surface area contributed by atoms with Crippen molar-refractivity contribution in [1.29, 1.82) is 0 Å². The summed E-state index contributed by atoms with van der Waals surface area (Å²) in [5, 5.41) is 6.24. The number of hydrogen-bond donors (Lipinski definition) is 1. The maximum atomic E-state index is 5.62. The molecule has 0 aliphatic rings. The van der Waals surface area contributed by atoms with Crippen molar-refractivity contribution in [1.82, 2.24) is 5.32 Å². The van der Waals surface area contributed by atoms with Gasteiger partial charge in [0.15, 0.2) is 0 Å². The Kier molecular flexibility index (Phi) is 5.63. The lowest BCUT2D eigenvalue weighted by atomic mass is 10.2. The van der Waals surface area contributed by atoms with Gasteiger partial charge in [-0.25, -0.2) is 0 Å². The van der Waals surface area contributed by atoms with Gasteiger partial charge in [0.25, 0.3) is 0 Å². The average molecular weight is 335 g/mol. The molecule has 1 atom stereocenters. The Bertz CT molecular complexity index is 722. The van der Waals surface area contributed by atoms with Crippen LogP contribution < -0.4 is 20.7 Å². The first-order valence-electron chi connectivity index (χ1n) is 8.04. The van der Waals surface area contributed by atoms with E-state index in [1.807, 2.05) is 19.2 Å². The van der Waals surface area contributed by atoms with Crippen molar-refractivity contribution in [2.24, 2.45) is 0 Å². The first-order valence-corrected chi connectivity index (χ1v) is 9.45. The third-order valence-electron chi connectivity index (χ3n) is 4.03. The molecule has 3 aromatic carbocycles. The minimum atomic E-state index is -0.604. The summed E-state index contributed by atoms with van der Waals surface area (Å²) in [6.07, 6.45) is 0. The van der Waals surface area contributed by atoms with Crippen LogP contribution in [0.2, 0.25) is 0 Å². The van der Waals surface area contributed by atoms with E-state index in [2.05, 4.69) is 78.1 Å². The minimum Gasteiger partial charge on any atom is -0.496 e. The van der Waals surface area contributed by atoms with Crippen LogP contribution in [0.25, 0.3) is 0 Å². The van der Waals surface area contributed by atoms with Gasteiger partial charge in [-0.3, -0.25) is 0 Å². The predicted octanol–water partition coefficient (Wildman–Crippen LogP) is 4.05. The van der Waals surface area contributed by atoms with Gasteiger partial charge in [0.05, 0.1) is 12.9 Å². The zero-order valence-corrected chi connectivity index (χ0v) is 14.9. The second-order valence-electron chi connectivity index (χ2n) is 5.47. The van der Waals surface area contributed by atoms with Crippen LogP contribution in [0.3, 0.4) is 0 Å². The Morgan fingerprint density at radius 1 is 0.750 bits per heavy atom. The van der Waals surface area contributed by atoms with Gasteiger partial charge in [-0.2, -0.15) is 0 Å². The van der Waals surface area contributed by atoms with E-state index in [1.54, 1.807) is 7.11 Å². The Balaban J connectivity index is 2.13. The number of ether oxygens (including phenoxy) is 1. The van der Waals surface area contributed by atoms with Crippen molar-refractivity contribution < 1.29 is 4.74 Å². The fraction of sp³-hybridized carbons (Fsp3) is 0.143. The summed E-state index contributed by atoms with van der Waals surface area (Å²) < 4.78 is 5.62. The zero-order valence-electron chi connectivity index (χ0n) is 14.0. The summed E-state index contributed by atoms with van der Waals surface area (Å²) in [5.41, 5.74) is 1.20. The second kappa shape index (κ2) is 8.10. The van der Waals surface area contributed by atoms with Crippen LogP contribution in [0.1, 0.15) is 11.3 Å². The minimum absolute atomic E-state index is 0.181. The monoisotopic (exact) mass is 335 g/mol. The normalized spacial score (nSPS) is 12.1. The fourth-order valence-electron chi connectivity index (χ4n) is 2.94. The molecule has 3 heteroatoms. The molecule has 3 rings (SSSR count). The molecule has 122 valence electrons. The van der Waals surface area contributed by atoms with Gasteiger partial charge >= 0.3 is 0 Å². The van der Waals surface area contributed by atoms with Crippen molar-refractivity contribution >= 4 is 18.5 Å². The lowest BCUT2D eigenvalue weighted by molar-refractivity contribution is 0.408. The van der Waals surface area contributed by atoms with E-state index in [4.69, 9.17) is 4.74 Å². The number of para-hydroxylation sites is 1. The molecule has 0 bridgehead atoms. The Labute approximate surface area is 145 Å². The molecule has 0 spiro atoms. The highest BCUT2D eigenvalue weighted by Gasteiger charge is 2.26. The van der Waals surface area contributed by atoms with Crippen LogP contribution in [0.15, 0.2) is 84.9 Å². The lowest BCUT2D eigenvalue weighted by Crippen LogP contribution is -2.25. The van der Waals surface area contributed by atoms with Crippen LogP contribution >= 0.6 is 7.92 Å². The lowest BCUT2D eigenvalue weighted by Gasteiger charge is -2.29. The topological polar surface area (TPSA) is 21.3 Å². The van der Waals surface area contributed by atoms with Crippen molar-refractivity contribution in [3.63, 3.8) is 0 Å². The van der Waals surface area contributed by atoms with E-state index < -0.39 is 7.92 Å². The maximum absolute atomic E-state index is 5.62. The Hall–Kier alpha value is -2.15. The van der Waals surface area contributed by atoms with Crippen LogP contribution in [-0.4, -0.2) is 14.2 Å². The standard InChI is InChI=1S/C21H22NOP/c1-22-21(19-15-9-10-16-20(19)23-2)24(17-11-5-3-6-12-17)18-13-7-4-8-14-18/h3-16,21-22H,1-2H3/t21-/m1/s1. The Morgan fingerprint density at radius 2 is 1.25 bits per heavy atom.